The first-order valence-corrected chi connectivity index (χ1v) is 7.22. The number of aliphatic carboxylic acids is 1. The van der Waals surface area contributed by atoms with E-state index >= 15 is 0 Å². The first-order chi connectivity index (χ1) is 9.99. The van der Waals surface area contributed by atoms with Crippen LogP contribution in [0.1, 0.15) is 24.8 Å². The number of hydrogen-bond donors (Lipinski definition) is 2. The van der Waals surface area contributed by atoms with Crippen molar-refractivity contribution in [2.45, 2.75) is 32.2 Å². The molecule has 0 amide bonds. The standard InChI is InChI=1S/C15H18N2O4/c1-8-11(3-2-4-12(8)17(20)21)16-14-10-6-5-9(7-10)13(14)15(18)19/h2-4,9-10,13-14,16H,5-7H2,1H3,(H,18,19). The Balaban J connectivity index is 1.88. The highest BCUT2D eigenvalue weighted by Gasteiger charge is 2.51. The second-order valence-electron chi connectivity index (χ2n) is 6.07. The second kappa shape index (κ2) is 5.02. The lowest BCUT2D eigenvalue weighted by Gasteiger charge is -2.30. The maximum absolute atomic E-state index is 11.5. The first-order valence-electron chi connectivity index (χ1n) is 7.22. The van der Waals surface area contributed by atoms with Gasteiger partial charge in [-0.15, -0.1) is 0 Å². The van der Waals surface area contributed by atoms with Gasteiger partial charge < -0.3 is 10.4 Å². The molecule has 1 aromatic rings. The molecule has 0 aliphatic heterocycles. The summed E-state index contributed by atoms with van der Waals surface area (Å²) in [7, 11) is 0. The molecule has 2 fully saturated rings. The fraction of sp³-hybridized carbons (Fsp3) is 0.533. The summed E-state index contributed by atoms with van der Waals surface area (Å²) in [5.41, 5.74) is 1.30. The number of fused-ring (bicyclic) bond motifs is 2. The summed E-state index contributed by atoms with van der Waals surface area (Å²) < 4.78 is 0. The van der Waals surface area contributed by atoms with Crippen molar-refractivity contribution in [2.24, 2.45) is 17.8 Å². The lowest BCUT2D eigenvalue weighted by Crippen LogP contribution is -2.39. The highest BCUT2D eigenvalue weighted by molar-refractivity contribution is 5.73. The van der Waals surface area contributed by atoms with Crippen molar-refractivity contribution in [1.29, 1.82) is 0 Å². The van der Waals surface area contributed by atoms with Crippen molar-refractivity contribution in [3.63, 3.8) is 0 Å². The third-order valence-electron chi connectivity index (χ3n) is 5.03. The maximum Gasteiger partial charge on any atom is 0.308 e. The summed E-state index contributed by atoms with van der Waals surface area (Å²) in [6.45, 7) is 1.70. The molecule has 0 spiro atoms. The molecule has 6 nitrogen and oxygen atoms in total. The van der Waals surface area contributed by atoms with Crippen LogP contribution in [-0.2, 0) is 4.79 Å². The fourth-order valence-electron chi connectivity index (χ4n) is 4.01. The fourth-order valence-corrected chi connectivity index (χ4v) is 4.01. The smallest absolute Gasteiger partial charge is 0.308 e. The van der Waals surface area contributed by atoms with Crippen molar-refractivity contribution >= 4 is 17.3 Å². The van der Waals surface area contributed by atoms with Gasteiger partial charge in [-0.2, -0.15) is 0 Å². The van der Waals surface area contributed by atoms with Gasteiger partial charge in [0.1, 0.15) is 0 Å². The average molecular weight is 290 g/mol. The van der Waals surface area contributed by atoms with Gasteiger partial charge in [0.15, 0.2) is 0 Å². The largest absolute Gasteiger partial charge is 0.481 e. The molecule has 0 aromatic heterocycles. The number of rotatable bonds is 4. The van der Waals surface area contributed by atoms with Crippen LogP contribution in [0.5, 0.6) is 0 Å². The second-order valence-corrected chi connectivity index (χ2v) is 6.07. The molecular weight excluding hydrogens is 272 g/mol. The molecule has 4 atom stereocenters. The molecule has 4 unspecified atom stereocenters. The van der Waals surface area contributed by atoms with Crippen LogP contribution in [0.4, 0.5) is 11.4 Å². The monoisotopic (exact) mass is 290 g/mol. The molecule has 6 heteroatoms. The zero-order chi connectivity index (χ0) is 15.1. The van der Waals surface area contributed by atoms with Gasteiger partial charge in [-0.1, -0.05) is 6.07 Å². The van der Waals surface area contributed by atoms with Gasteiger partial charge in [-0.05, 0) is 44.1 Å². The molecule has 0 saturated heterocycles. The zero-order valence-corrected chi connectivity index (χ0v) is 11.8. The number of nitrogens with zero attached hydrogens (tertiary/aromatic N) is 1. The quantitative estimate of drug-likeness (QED) is 0.657. The summed E-state index contributed by atoms with van der Waals surface area (Å²) in [5.74, 6) is -0.552. The minimum atomic E-state index is -0.761. The molecular formula is C15H18N2O4. The van der Waals surface area contributed by atoms with Crippen LogP contribution in [-0.4, -0.2) is 22.0 Å². The number of nitrogens with one attached hydrogen (secondary N) is 1. The van der Waals surface area contributed by atoms with E-state index in [0.717, 1.165) is 19.3 Å². The number of anilines is 1. The lowest BCUT2D eigenvalue weighted by molar-refractivity contribution is -0.385. The van der Waals surface area contributed by atoms with Gasteiger partial charge in [0, 0.05) is 23.4 Å². The van der Waals surface area contributed by atoms with Gasteiger partial charge in [0.2, 0.25) is 0 Å². The Morgan fingerprint density at radius 2 is 2.10 bits per heavy atom. The Kier molecular flexibility index (Phi) is 3.31. The van der Waals surface area contributed by atoms with Crippen LogP contribution >= 0.6 is 0 Å². The average Bonchev–Trinajstić information content (AvgIpc) is 3.01. The van der Waals surface area contributed by atoms with E-state index in [0.29, 0.717) is 17.2 Å². The Morgan fingerprint density at radius 3 is 2.76 bits per heavy atom. The number of carboxylic acids is 1. The van der Waals surface area contributed by atoms with Crippen LogP contribution in [0.15, 0.2) is 18.2 Å². The van der Waals surface area contributed by atoms with Crippen LogP contribution in [0, 0.1) is 34.8 Å². The van der Waals surface area contributed by atoms with Gasteiger partial charge in [-0.3, -0.25) is 14.9 Å². The van der Waals surface area contributed by atoms with Crippen LogP contribution in [0.25, 0.3) is 0 Å². The topological polar surface area (TPSA) is 92.5 Å². The van der Waals surface area contributed by atoms with Crippen molar-refractivity contribution in [2.75, 3.05) is 5.32 Å². The summed E-state index contributed by atoms with van der Waals surface area (Å²) in [4.78, 5) is 22.1. The van der Waals surface area contributed by atoms with Crippen molar-refractivity contribution < 1.29 is 14.8 Å². The van der Waals surface area contributed by atoms with Gasteiger partial charge >= 0.3 is 5.97 Å². The first kappa shape index (κ1) is 13.9. The molecule has 21 heavy (non-hydrogen) atoms. The molecule has 3 rings (SSSR count). The number of hydrogen-bond acceptors (Lipinski definition) is 4. The highest BCUT2D eigenvalue weighted by atomic mass is 16.6. The molecule has 112 valence electrons. The van der Waals surface area contributed by atoms with E-state index in [9.17, 15) is 20.0 Å². The van der Waals surface area contributed by atoms with E-state index in [4.69, 9.17) is 0 Å². The highest BCUT2D eigenvalue weighted by Crippen LogP contribution is 2.49. The lowest BCUT2D eigenvalue weighted by atomic mass is 9.84. The van der Waals surface area contributed by atoms with Crippen molar-refractivity contribution in [3.8, 4) is 0 Å². The third-order valence-corrected chi connectivity index (χ3v) is 5.03. The van der Waals surface area contributed by atoms with Gasteiger partial charge in [0.25, 0.3) is 5.69 Å². The van der Waals surface area contributed by atoms with E-state index in [2.05, 4.69) is 5.32 Å². The normalized spacial score (nSPS) is 30.3. The van der Waals surface area contributed by atoms with Gasteiger partial charge in [0.05, 0.1) is 10.8 Å². The van der Waals surface area contributed by atoms with Crippen molar-refractivity contribution in [3.05, 3.63) is 33.9 Å². The number of nitro groups is 1. The molecule has 2 aliphatic rings. The molecule has 2 saturated carbocycles. The SMILES string of the molecule is Cc1c(NC2C3CCC(C3)C2C(=O)O)cccc1[N+](=O)[O-]. The number of benzene rings is 1. The summed E-state index contributed by atoms with van der Waals surface area (Å²) in [5, 5.41) is 23.7. The molecule has 0 radical (unpaired) electrons. The maximum atomic E-state index is 11.5. The third kappa shape index (κ3) is 2.24. The molecule has 1 aromatic carbocycles. The predicted octanol–water partition coefficient (Wildman–Crippen LogP) is 2.81. The van der Waals surface area contributed by atoms with Crippen LogP contribution < -0.4 is 5.32 Å². The minimum Gasteiger partial charge on any atom is -0.481 e. The molecule has 2 bridgehead atoms. The summed E-state index contributed by atoms with van der Waals surface area (Å²) in [6.07, 6.45) is 2.97. The van der Waals surface area contributed by atoms with E-state index < -0.39 is 10.9 Å². The molecule has 0 heterocycles. The van der Waals surface area contributed by atoms with Crippen molar-refractivity contribution in [1.82, 2.24) is 0 Å². The zero-order valence-electron chi connectivity index (χ0n) is 11.8. The Hall–Kier alpha value is -2.11. The minimum absolute atomic E-state index is 0.0648. The van der Waals surface area contributed by atoms with E-state index in [-0.39, 0.29) is 23.6 Å². The van der Waals surface area contributed by atoms with E-state index in [1.54, 1.807) is 19.1 Å². The Morgan fingerprint density at radius 1 is 1.38 bits per heavy atom. The predicted molar refractivity (Wildman–Crippen MR) is 77.2 cm³/mol. The molecule has 2 aliphatic carbocycles. The van der Waals surface area contributed by atoms with E-state index in [1.807, 2.05) is 0 Å². The van der Waals surface area contributed by atoms with Crippen LogP contribution in [0.2, 0.25) is 0 Å². The Labute approximate surface area is 122 Å². The van der Waals surface area contributed by atoms with Gasteiger partial charge in [-0.25, -0.2) is 0 Å². The molecule has 2 N–H and O–H groups in total. The number of nitro benzene ring substituents is 1. The number of carboxylic acid groups (broad SMARTS) is 1. The Bertz CT molecular complexity index is 601. The number of carbonyl (C=O) groups is 1. The summed E-state index contributed by atoms with van der Waals surface area (Å²) >= 11 is 0. The van der Waals surface area contributed by atoms with E-state index in [1.165, 1.54) is 6.07 Å². The van der Waals surface area contributed by atoms with Crippen LogP contribution in [0.3, 0.4) is 0 Å². The summed E-state index contributed by atoms with van der Waals surface area (Å²) in [6, 6.07) is 4.77.